The summed E-state index contributed by atoms with van der Waals surface area (Å²) in [6.07, 6.45) is -9.32. The maximum absolute atomic E-state index is 15.1. The maximum Gasteiger partial charge on any atom is 0.460 e. The van der Waals surface area contributed by atoms with Crippen LogP contribution in [0.5, 0.6) is 0 Å². The zero-order valence-corrected chi connectivity index (χ0v) is 26.2. The van der Waals surface area contributed by atoms with Gasteiger partial charge in [-0.15, -0.1) is 0 Å². The van der Waals surface area contributed by atoms with Crippen LogP contribution in [0.25, 0.3) is 10.8 Å². The van der Waals surface area contributed by atoms with E-state index < -0.39 is 90.6 Å². The fourth-order valence-corrected chi connectivity index (χ4v) is 10.6. The van der Waals surface area contributed by atoms with E-state index in [0.29, 0.717) is 0 Å². The quantitative estimate of drug-likeness (QED) is 0.213. The molecule has 49 heavy (non-hydrogen) atoms. The van der Waals surface area contributed by atoms with E-state index >= 15 is 8.78 Å². The fourth-order valence-electron chi connectivity index (χ4n) is 4.72. The average molecular weight is 787 g/mol. The second-order valence-electron chi connectivity index (χ2n) is 11.8. The largest absolute Gasteiger partial charge is 0.460 e. The van der Waals surface area contributed by atoms with Gasteiger partial charge in [-0.2, -0.15) is 83.1 Å². The monoisotopic (exact) mass is 786 g/mol. The number of hydrogen-bond donors (Lipinski definition) is 0. The predicted octanol–water partition coefficient (Wildman–Crippen LogP) is 9.82. The van der Waals surface area contributed by atoms with Gasteiger partial charge in [-0.1, -0.05) is 46.7 Å². The topological polar surface area (TPSA) is 52.6 Å². The summed E-state index contributed by atoms with van der Waals surface area (Å²) in [6.45, 7) is 4.41. The van der Waals surface area contributed by atoms with E-state index in [2.05, 4.69) is 3.63 Å². The molecule has 0 amide bonds. The first kappa shape index (κ1) is 41.2. The lowest BCUT2D eigenvalue weighted by molar-refractivity contribution is -0.458. The van der Waals surface area contributed by atoms with Crippen LogP contribution in [0.1, 0.15) is 27.2 Å². The van der Waals surface area contributed by atoms with Crippen LogP contribution >= 0.6 is 10.3 Å². The number of ether oxygens (including phenoxy) is 1. The summed E-state index contributed by atoms with van der Waals surface area (Å²) in [5, 5.41) is -7.51. The highest BCUT2D eigenvalue weighted by Crippen LogP contribution is 2.68. The first-order valence-electron chi connectivity index (χ1n) is 13.2. The molecule has 23 heteroatoms. The molecule has 1 saturated heterocycles. The molecule has 1 fully saturated rings. The van der Waals surface area contributed by atoms with E-state index in [4.69, 9.17) is 4.74 Å². The van der Waals surface area contributed by atoms with Gasteiger partial charge in [0.05, 0.1) is 11.7 Å². The van der Waals surface area contributed by atoms with Crippen molar-refractivity contribution in [3.05, 3.63) is 42.5 Å². The van der Waals surface area contributed by atoms with E-state index in [1.165, 1.54) is 57.2 Å². The molecule has 1 aliphatic rings. The summed E-state index contributed by atoms with van der Waals surface area (Å²) in [6, 6.07) is 9.05. The van der Waals surface area contributed by atoms with Gasteiger partial charge in [0.1, 0.15) is 0 Å². The lowest BCUT2D eigenvalue weighted by Gasteiger charge is -2.43. The van der Waals surface area contributed by atoms with Crippen molar-refractivity contribution in [2.45, 2.75) is 90.8 Å². The molecule has 4 nitrogen and oxygen atoms in total. The summed E-state index contributed by atoms with van der Waals surface area (Å²) in [7, 11) is -11.8. The normalized spacial score (nSPS) is 22.7. The minimum Gasteiger partial charge on any atom is -0.372 e. The standard InChI is InChI=1S/C26H23F17O4S2/c1-18(2,3)46-15-11-12-48(13-15,17-10-6-8-14-7-4-5-9-16(14)17)47-49(44,45)26(42,43)24(37,38)22(33,34)20(29,30)19(27,28)21(31,32)23(35,36)25(39,40)41/h4-10,15H,11-13H2,1-3H3. The van der Waals surface area contributed by atoms with Crippen molar-refractivity contribution < 1.29 is 91.4 Å². The molecule has 0 spiro atoms. The Kier molecular flexibility index (Phi) is 9.98. The Morgan fingerprint density at radius 1 is 0.633 bits per heavy atom. The van der Waals surface area contributed by atoms with Crippen LogP contribution in [-0.4, -0.2) is 78.6 Å². The highest BCUT2D eigenvalue weighted by molar-refractivity contribution is 8.33. The van der Waals surface area contributed by atoms with Gasteiger partial charge < -0.3 is 4.74 Å². The minimum absolute atomic E-state index is 0.0195. The molecule has 0 N–H and O–H groups in total. The van der Waals surface area contributed by atoms with Gasteiger partial charge in [0.15, 0.2) is 0 Å². The minimum atomic E-state index is -8.93. The average Bonchev–Trinajstić information content (AvgIpc) is 3.32. The molecule has 0 aliphatic carbocycles. The Labute approximate surface area is 267 Å². The molecular weight excluding hydrogens is 763 g/mol. The van der Waals surface area contributed by atoms with Crippen molar-refractivity contribution in [3.63, 3.8) is 0 Å². The van der Waals surface area contributed by atoms with Crippen LogP contribution in [0.3, 0.4) is 0 Å². The molecular formula is C26H23F17O4S2. The van der Waals surface area contributed by atoms with Crippen molar-refractivity contribution in [3.8, 4) is 0 Å². The van der Waals surface area contributed by atoms with Gasteiger partial charge in [-0.05, 0) is 44.0 Å². The molecule has 2 atom stereocenters. The predicted molar refractivity (Wildman–Crippen MR) is 139 cm³/mol. The van der Waals surface area contributed by atoms with E-state index in [1.54, 1.807) is 0 Å². The van der Waals surface area contributed by atoms with Crippen LogP contribution in [-0.2, 0) is 18.5 Å². The maximum atomic E-state index is 15.1. The number of fused-ring (bicyclic) bond motifs is 1. The van der Waals surface area contributed by atoms with Crippen LogP contribution < -0.4 is 0 Å². The van der Waals surface area contributed by atoms with E-state index in [-0.39, 0.29) is 22.1 Å². The zero-order valence-electron chi connectivity index (χ0n) is 24.6. The first-order valence-corrected chi connectivity index (χ1v) is 16.5. The number of halogens is 17. The molecule has 1 aliphatic heterocycles. The molecule has 282 valence electrons. The highest BCUT2D eigenvalue weighted by Gasteiger charge is 2.96. The second kappa shape index (κ2) is 11.9. The molecule has 2 unspecified atom stereocenters. The molecule has 2 aromatic rings. The van der Waals surface area contributed by atoms with Gasteiger partial charge >= 0.3 is 57.1 Å². The SMILES string of the molecule is CC(C)(C)OC1CCS(OS(=O)(=O)C(F)(F)C(F)(F)C(F)(F)C(F)(F)C(F)(F)C(F)(F)C(F)(F)C(F)(F)F)(c2cccc3ccccc23)C1. The Hall–Kier alpha value is -2.27. The van der Waals surface area contributed by atoms with Crippen molar-refractivity contribution in [2.75, 3.05) is 11.5 Å². The van der Waals surface area contributed by atoms with Gasteiger partial charge in [-0.25, -0.2) is 3.63 Å². The Morgan fingerprint density at radius 2 is 1.08 bits per heavy atom. The van der Waals surface area contributed by atoms with E-state index in [9.17, 15) is 74.3 Å². The third kappa shape index (κ3) is 6.20. The molecule has 2 aromatic carbocycles. The van der Waals surface area contributed by atoms with Gasteiger partial charge in [0, 0.05) is 16.4 Å². The lowest BCUT2D eigenvalue weighted by atomic mass is 9.91. The van der Waals surface area contributed by atoms with Crippen molar-refractivity contribution in [1.29, 1.82) is 0 Å². The summed E-state index contributed by atoms with van der Waals surface area (Å²) in [4.78, 5) is -0.314. The highest BCUT2D eigenvalue weighted by atomic mass is 32.3. The van der Waals surface area contributed by atoms with Crippen LogP contribution in [0.15, 0.2) is 47.4 Å². The number of alkyl halides is 17. The third-order valence-corrected chi connectivity index (χ3v) is 12.7. The lowest BCUT2D eigenvalue weighted by Crippen LogP contribution is -2.75. The fraction of sp³-hybridized carbons (Fsp3) is 0.615. The smallest absolute Gasteiger partial charge is 0.372 e. The molecule has 0 radical (unpaired) electrons. The summed E-state index contributed by atoms with van der Waals surface area (Å²) in [5.74, 6) is -53.6. The molecule has 3 rings (SSSR count). The van der Waals surface area contributed by atoms with Crippen molar-refractivity contribution in [2.24, 2.45) is 0 Å². The van der Waals surface area contributed by atoms with Gasteiger partial charge in [-0.3, -0.25) is 0 Å². The summed E-state index contributed by atoms with van der Waals surface area (Å²) >= 11 is 0. The van der Waals surface area contributed by atoms with E-state index in [0.717, 1.165) is 6.07 Å². The first-order chi connectivity index (χ1) is 21.6. The Balaban J connectivity index is 2.18. The van der Waals surface area contributed by atoms with Gasteiger partial charge in [0.25, 0.3) is 0 Å². The molecule has 0 aromatic heterocycles. The molecule has 1 heterocycles. The number of rotatable bonds is 11. The molecule has 0 saturated carbocycles. The third-order valence-electron chi connectivity index (χ3n) is 7.12. The zero-order chi connectivity index (χ0) is 38.3. The Bertz CT molecular complexity index is 1650. The van der Waals surface area contributed by atoms with Crippen molar-refractivity contribution >= 4 is 31.2 Å². The van der Waals surface area contributed by atoms with Crippen LogP contribution in [0.4, 0.5) is 74.6 Å². The second-order valence-corrected chi connectivity index (χ2v) is 16.6. The summed E-state index contributed by atoms with van der Waals surface area (Å²) in [5.41, 5.74) is -1.04. The summed E-state index contributed by atoms with van der Waals surface area (Å²) < 4.78 is 271. The van der Waals surface area contributed by atoms with Crippen molar-refractivity contribution in [1.82, 2.24) is 0 Å². The van der Waals surface area contributed by atoms with E-state index in [1.807, 2.05) is 0 Å². The number of hydrogen-bond acceptors (Lipinski definition) is 4. The van der Waals surface area contributed by atoms with Crippen LogP contribution in [0, 0.1) is 0 Å². The number of benzene rings is 2. The molecule has 0 bridgehead atoms. The van der Waals surface area contributed by atoms with Gasteiger partial charge in [0.2, 0.25) is 0 Å². The van der Waals surface area contributed by atoms with Crippen LogP contribution in [0.2, 0.25) is 0 Å². The Morgan fingerprint density at radius 3 is 1.57 bits per heavy atom.